The number of rotatable bonds is 49. The Morgan fingerprint density at radius 3 is 1.30 bits per heavy atom. The molecule has 3 unspecified atom stereocenters. The van der Waals surface area contributed by atoms with Crippen LogP contribution in [0.4, 0.5) is 0 Å². The molecule has 0 bridgehead atoms. The van der Waals surface area contributed by atoms with Crippen LogP contribution in [-0.4, -0.2) is 74.3 Å². The van der Waals surface area contributed by atoms with Gasteiger partial charge in [-0.1, -0.05) is 232 Å². The summed E-state index contributed by atoms with van der Waals surface area (Å²) >= 11 is 0. The first-order valence-corrected chi connectivity index (χ1v) is 28.5. The van der Waals surface area contributed by atoms with E-state index in [4.69, 9.17) is 13.8 Å². The number of unbranched alkanes of at least 4 members (excludes halogenated alkanes) is 33. The first kappa shape index (κ1) is 61.8. The minimum Gasteiger partial charge on any atom is -0.456 e. The zero-order valence-electron chi connectivity index (χ0n) is 42.6. The summed E-state index contributed by atoms with van der Waals surface area (Å²) in [6.07, 6.45) is 47.7. The summed E-state index contributed by atoms with van der Waals surface area (Å²) in [5.74, 6) is -0.493. The number of amides is 1. The van der Waals surface area contributed by atoms with Gasteiger partial charge in [-0.2, -0.15) is 0 Å². The molecular formula is C53H106N2O7P+. The molecule has 3 atom stereocenters. The van der Waals surface area contributed by atoms with Crippen LogP contribution in [0.3, 0.4) is 0 Å². The number of nitrogens with one attached hydrogen (secondary N) is 1. The van der Waals surface area contributed by atoms with Gasteiger partial charge < -0.3 is 19.4 Å². The van der Waals surface area contributed by atoms with E-state index >= 15 is 0 Å². The van der Waals surface area contributed by atoms with Crippen molar-refractivity contribution < 1.29 is 37.3 Å². The molecule has 0 spiro atoms. The van der Waals surface area contributed by atoms with Crippen molar-refractivity contribution in [1.29, 1.82) is 0 Å². The van der Waals surface area contributed by atoms with Crippen LogP contribution in [0, 0.1) is 0 Å². The lowest BCUT2D eigenvalue weighted by atomic mass is 10.0. The van der Waals surface area contributed by atoms with Gasteiger partial charge in [0.15, 0.2) is 0 Å². The number of esters is 1. The van der Waals surface area contributed by atoms with E-state index in [-0.39, 0.29) is 25.1 Å². The molecule has 2 N–H and O–H groups in total. The lowest BCUT2D eigenvalue weighted by Gasteiger charge is -2.27. The molecule has 0 aromatic carbocycles. The lowest BCUT2D eigenvalue weighted by Crippen LogP contribution is -2.47. The lowest BCUT2D eigenvalue weighted by molar-refractivity contribution is -0.870. The van der Waals surface area contributed by atoms with Gasteiger partial charge in [-0.25, -0.2) is 4.57 Å². The normalized spacial score (nSPS) is 14.0. The zero-order chi connectivity index (χ0) is 46.5. The smallest absolute Gasteiger partial charge is 0.456 e. The van der Waals surface area contributed by atoms with Crippen molar-refractivity contribution in [3.05, 3.63) is 12.2 Å². The molecule has 0 aliphatic rings. The van der Waals surface area contributed by atoms with E-state index in [1.54, 1.807) is 0 Å². The quantitative estimate of drug-likeness (QED) is 0.0206. The van der Waals surface area contributed by atoms with E-state index in [2.05, 4.69) is 26.1 Å². The summed E-state index contributed by atoms with van der Waals surface area (Å²) in [5.41, 5.74) is 0. The van der Waals surface area contributed by atoms with Crippen LogP contribution in [0.5, 0.6) is 0 Å². The Morgan fingerprint density at radius 2 is 0.905 bits per heavy atom. The third-order valence-electron chi connectivity index (χ3n) is 12.2. The first-order chi connectivity index (χ1) is 30.4. The fourth-order valence-corrected chi connectivity index (χ4v) is 8.74. The number of hydrogen-bond acceptors (Lipinski definition) is 6. The molecular weight excluding hydrogens is 808 g/mol. The Bertz CT molecular complexity index is 1100. The van der Waals surface area contributed by atoms with Gasteiger partial charge in [-0.3, -0.25) is 18.6 Å². The Hall–Kier alpha value is -1.25. The second kappa shape index (κ2) is 44.6. The van der Waals surface area contributed by atoms with E-state index in [1.807, 2.05) is 33.3 Å². The maximum Gasteiger partial charge on any atom is 0.472 e. The van der Waals surface area contributed by atoms with Crippen molar-refractivity contribution in [2.24, 2.45) is 0 Å². The van der Waals surface area contributed by atoms with E-state index in [1.165, 1.54) is 173 Å². The molecule has 0 aromatic heterocycles. The van der Waals surface area contributed by atoms with Gasteiger partial charge in [0.2, 0.25) is 5.91 Å². The summed E-state index contributed by atoms with van der Waals surface area (Å²) in [4.78, 5) is 37.4. The molecule has 10 heteroatoms. The Morgan fingerprint density at radius 1 is 0.540 bits per heavy atom. The van der Waals surface area contributed by atoms with Crippen molar-refractivity contribution in [3.8, 4) is 0 Å². The Labute approximate surface area is 391 Å². The van der Waals surface area contributed by atoms with Crippen LogP contribution in [0.1, 0.15) is 265 Å². The molecule has 0 saturated carbocycles. The Kier molecular flexibility index (Phi) is 43.7. The van der Waals surface area contributed by atoms with Gasteiger partial charge in [0.1, 0.15) is 19.3 Å². The third-order valence-corrected chi connectivity index (χ3v) is 13.2. The minimum absolute atomic E-state index is 0.0452. The third kappa shape index (κ3) is 45.7. The predicted octanol–water partition coefficient (Wildman–Crippen LogP) is 15.7. The van der Waals surface area contributed by atoms with E-state index < -0.39 is 20.0 Å². The highest BCUT2D eigenvalue weighted by atomic mass is 31.2. The molecule has 0 aliphatic carbocycles. The number of allylic oxidation sites excluding steroid dienone is 1. The maximum absolute atomic E-state index is 13.4. The average molecular weight is 914 g/mol. The number of carbonyl (C=O) groups is 2. The second-order valence-corrected chi connectivity index (χ2v) is 21.2. The number of nitrogens with zero attached hydrogens (tertiary/aromatic N) is 1. The largest absolute Gasteiger partial charge is 0.472 e. The molecule has 1 amide bonds. The molecule has 0 fully saturated rings. The summed E-state index contributed by atoms with van der Waals surface area (Å²) in [6, 6.07) is -0.836. The van der Waals surface area contributed by atoms with Crippen LogP contribution in [0.25, 0.3) is 0 Å². The van der Waals surface area contributed by atoms with Crippen molar-refractivity contribution in [2.45, 2.75) is 277 Å². The van der Waals surface area contributed by atoms with Crippen LogP contribution < -0.4 is 5.32 Å². The summed E-state index contributed by atoms with van der Waals surface area (Å²) < 4.78 is 30.5. The monoisotopic (exact) mass is 914 g/mol. The van der Waals surface area contributed by atoms with E-state index in [0.717, 1.165) is 57.8 Å². The molecule has 0 aromatic rings. The second-order valence-electron chi connectivity index (χ2n) is 19.8. The summed E-state index contributed by atoms with van der Waals surface area (Å²) in [5, 5.41) is 3.04. The number of hydrogen-bond donors (Lipinski definition) is 2. The van der Waals surface area contributed by atoms with Crippen molar-refractivity contribution in [3.63, 3.8) is 0 Å². The molecule has 374 valence electrons. The van der Waals surface area contributed by atoms with Crippen LogP contribution in [-0.2, 0) is 27.9 Å². The molecule has 0 aliphatic heterocycles. The first-order valence-electron chi connectivity index (χ1n) is 27.0. The van der Waals surface area contributed by atoms with Gasteiger partial charge in [-0.15, -0.1) is 0 Å². The fourth-order valence-electron chi connectivity index (χ4n) is 8.00. The summed E-state index contributed by atoms with van der Waals surface area (Å²) in [6.45, 7) is 7.02. The Balaban J connectivity index is 5.33. The molecule has 0 heterocycles. The standard InChI is InChI=1S/C53H105N2O7P/c1-7-10-13-16-19-22-25-26-27-28-31-33-36-39-42-45-52(56)54-50(49-61-63(58,59)60-48-47-55(4,5)6)51(44-41-38-35-32-29-23-20-17-14-11-8-2)62-53(57)46-43-40-37-34-30-24-21-18-15-12-9-3/h41,44,50-51H,7-40,42-43,45-49H2,1-6H3,(H-,54,56,58,59)/p+1/b44-41+. The van der Waals surface area contributed by atoms with Gasteiger partial charge in [-0.05, 0) is 31.8 Å². The maximum atomic E-state index is 13.4. The number of quaternary nitrogens is 1. The van der Waals surface area contributed by atoms with Gasteiger partial charge in [0, 0.05) is 12.8 Å². The number of phosphoric ester groups is 1. The predicted molar refractivity (Wildman–Crippen MR) is 268 cm³/mol. The average Bonchev–Trinajstić information content (AvgIpc) is 3.23. The zero-order valence-corrected chi connectivity index (χ0v) is 43.5. The molecule has 0 saturated heterocycles. The van der Waals surface area contributed by atoms with Crippen molar-refractivity contribution in [1.82, 2.24) is 5.32 Å². The number of ether oxygens (including phenoxy) is 1. The van der Waals surface area contributed by atoms with Gasteiger partial charge >= 0.3 is 13.8 Å². The fraction of sp³-hybridized carbons (Fsp3) is 0.925. The van der Waals surface area contributed by atoms with Gasteiger partial charge in [0.05, 0.1) is 33.8 Å². The van der Waals surface area contributed by atoms with Crippen molar-refractivity contribution >= 4 is 19.7 Å². The molecule has 63 heavy (non-hydrogen) atoms. The highest BCUT2D eigenvalue weighted by Gasteiger charge is 2.30. The SMILES string of the molecule is CCCCCCCCCCC/C=C/C(OC(=O)CCCCCCCCCCCCC)C(COP(=O)(O)OCC[N+](C)(C)C)NC(=O)CCCCCCCCCCCCCCCCC. The molecule has 9 nitrogen and oxygen atoms in total. The van der Waals surface area contributed by atoms with E-state index in [0.29, 0.717) is 23.9 Å². The minimum atomic E-state index is -4.43. The highest BCUT2D eigenvalue weighted by molar-refractivity contribution is 7.47. The molecule has 0 rings (SSSR count). The topological polar surface area (TPSA) is 111 Å². The highest BCUT2D eigenvalue weighted by Crippen LogP contribution is 2.43. The summed E-state index contributed by atoms with van der Waals surface area (Å²) in [7, 11) is 1.51. The van der Waals surface area contributed by atoms with Gasteiger partial charge in [0.25, 0.3) is 0 Å². The molecule has 0 radical (unpaired) electrons. The van der Waals surface area contributed by atoms with Crippen LogP contribution in [0.2, 0.25) is 0 Å². The number of carbonyl (C=O) groups excluding carboxylic acids is 2. The number of likely N-dealkylation sites (N-methyl/N-ethyl adjacent to an activating group) is 1. The number of phosphoric acid groups is 1. The van der Waals surface area contributed by atoms with Crippen LogP contribution in [0.15, 0.2) is 12.2 Å². The van der Waals surface area contributed by atoms with Crippen LogP contribution >= 0.6 is 7.82 Å². The van der Waals surface area contributed by atoms with E-state index in [9.17, 15) is 19.0 Å². The van der Waals surface area contributed by atoms with Crippen molar-refractivity contribution in [2.75, 3.05) is 40.9 Å².